The van der Waals surface area contributed by atoms with Crippen molar-refractivity contribution in [3.63, 3.8) is 0 Å². The third-order valence-corrected chi connectivity index (χ3v) is 8.11. The van der Waals surface area contributed by atoms with E-state index < -0.39 is 32.5 Å². The Kier molecular flexibility index (Phi) is 29.4. The highest BCUT2D eigenvalue weighted by atomic mass is 31.2. The Hall–Kier alpha value is -0.950. The van der Waals surface area contributed by atoms with Crippen LogP contribution in [0, 0.1) is 0 Å². The number of hydrogen-bond acceptors (Lipinski definition) is 6. The van der Waals surface area contributed by atoms with Crippen LogP contribution in [0.25, 0.3) is 0 Å². The third kappa shape index (κ3) is 32.0. The molecule has 0 amide bonds. The molecule has 0 aliphatic rings. The number of unbranched alkanes of at least 4 members (excludes halogenated alkanes) is 22. The molecule has 0 aliphatic carbocycles. The van der Waals surface area contributed by atoms with Crippen LogP contribution in [0.3, 0.4) is 0 Å². The van der Waals surface area contributed by atoms with E-state index in [0.717, 1.165) is 38.5 Å². The van der Waals surface area contributed by atoms with E-state index in [1.165, 1.54) is 109 Å². The average Bonchev–Trinajstić information content (AvgIpc) is 2.95. The summed E-state index contributed by atoms with van der Waals surface area (Å²) in [6, 6.07) is 0. The summed E-state index contributed by atoms with van der Waals surface area (Å²) in [5, 5.41) is 0. The topological polar surface area (TPSA) is 119 Å². The lowest BCUT2D eigenvalue weighted by Gasteiger charge is -2.18. The number of carbonyl (C=O) groups is 2. The predicted molar refractivity (Wildman–Crippen MR) is 170 cm³/mol. The van der Waals surface area contributed by atoms with E-state index in [9.17, 15) is 14.2 Å². The standard InChI is InChI=1S/C33H65O8P/c1-3-5-7-9-11-13-15-17-19-21-23-25-27-32(34)39-29-31(30-40-42(36,37)38)41-33(35)28-26-24-22-20-18-16-14-12-10-8-6-4-2/h31H,3-30H2,1-2H3,(H2,36,37,38)/t31-/m1/s1. The average molecular weight is 621 g/mol. The summed E-state index contributed by atoms with van der Waals surface area (Å²) >= 11 is 0. The van der Waals surface area contributed by atoms with Crippen LogP contribution >= 0.6 is 7.82 Å². The second-order valence-corrected chi connectivity index (χ2v) is 13.1. The fraction of sp³-hybridized carbons (Fsp3) is 0.939. The number of ether oxygens (including phenoxy) is 2. The molecule has 8 nitrogen and oxygen atoms in total. The van der Waals surface area contributed by atoms with Crippen molar-refractivity contribution in [2.75, 3.05) is 13.2 Å². The molecular weight excluding hydrogens is 555 g/mol. The Morgan fingerprint density at radius 3 is 1.21 bits per heavy atom. The van der Waals surface area contributed by atoms with Crippen molar-refractivity contribution >= 4 is 19.8 Å². The second-order valence-electron chi connectivity index (χ2n) is 11.9. The van der Waals surface area contributed by atoms with Gasteiger partial charge >= 0.3 is 19.8 Å². The molecule has 0 saturated carbocycles. The molecule has 0 aromatic rings. The van der Waals surface area contributed by atoms with Crippen LogP contribution in [0.2, 0.25) is 0 Å². The van der Waals surface area contributed by atoms with Crippen molar-refractivity contribution in [1.82, 2.24) is 0 Å². The molecule has 0 radical (unpaired) electrons. The van der Waals surface area contributed by atoms with Gasteiger partial charge in [0.25, 0.3) is 0 Å². The van der Waals surface area contributed by atoms with Gasteiger partial charge in [-0.3, -0.25) is 14.1 Å². The summed E-state index contributed by atoms with van der Waals surface area (Å²) in [6.07, 6.45) is 28.2. The molecule has 0 aliphatic heterocycles. The van der Waals surface area contributed by atoms with Crippen molar-refractivity contribution in [2.45, 2.75) is 187 Å². The third-order valence-electron chi connectivity index (χ3n) is 7.63. The number of carbonyl (C=O) groups excluding carboxylic acids is 2. The highest BCUT2D eigenvalue weighted by Crippen LogP contribution is 2.36. The molecule has 9 heteroatoms. The highest BCUT2D eigenvalue weighted by Gasteiger charge is 2.22. The van der Waals surface area contributed by atoms with Crippen LogP contribution in [0.4, 0.5) is 0 Å². The summed E-state index contributed by atoms with van der Waals surface area (Å²) in [5.74, 6) is -0.876. The Balaban J connectivity index is 3.97. The smallest absolute Gasteiger partial charge is 0.462 e. The van der Waals surface area contributed by atoms with E-state index in [2.05, 4.69) is 18.4 Å². The maximum absolute atomic E-state index is 12.3. The van der Waals surface area contributed by atoms with Crippen LogP contribution in [-0.2, 0) is 28.2 Å². The number of rotatable bonds is 32. The van der Waals surface area contributed by atoms with E-state index >= 15 is 0 Å². The first-order chi connectivity index (χ1) is 20.3. The van der Waals surface area contributed by atoms with Crippen LogP contribution in [0.5, 0.6) is 0 Å². The zero-order chi connectivity index (χ0) is 31.2. The van der Waals surface area contributed by atoms with E-state index in [4.69, 9.17) is 19.3 Å². The lowest BCUT2D eigenvalue weighted by molar-refractivity contribution is -0.161. The molecule has 0 aromatic heterocycles. The van der Waals surface area contributed by atoms with Crippen molar-refractivity contribution in [2.24, 2.45) is 0 Å². The van der Waals surface area contributed by atoms with E-state index in [-0.39, 0.29) is 19.4 Å². The van der Waals surface area contributed by atoms with E-state index in [0.29, 0.717) is 6.42 Å². The molecule has 42 heavy (non-hydrogen) atoms. The SMILES string of the molecule is CCCCCCCCCCCCCCC(=O)OC[C@H](COP(=O)(O)O)OC(=O)CCCCCCCCCCCCCC. The predicted octanol–water partition coefficient (Wildman–Crippen LogP) is 9.73. The molecule has 1 atom stereocenters. The van der Waals surface area contributed by atoms with Gasteiger partial charge in [0, 0.05) is 12.8 Å². The molecule has 0 aromatic carbocycles. The molecule has 0 unspecified atom stereocenters. The minimum Gasteiger partial charge on any atom is -0.462 e. The summed E-state index contributed by atoms with van der Waals surface area (Å²) in [4.78, 5) is 42.5. The lowest BCUT2D eigenvalue weighted by atomic mass is 10.0. The quantitative estimate of drug-likeness (QED) is 0.0433. The van der Waals surface area contributed by atoms with Crippen molar-refractivity contribution in [3.8, 4) is 0 Å². The van der Waals surface area contributed by atoms with Crippen LogP contribution in [0.15, 0.2) is 0 Å². The zero-order valence-corrected chi connectivity index (χ0v) is 28.1. The number of phosphoric acid groups is 1. The Morgan fingerprint density at radius 2 is 0.857 bits per heavy atom. The normalized spacial score (nSPS) is 12.4. The van der Waals surface area contributed by atoms with E-state index in [1.54, 1.807) is 0 Å². The van der Waals surface area contributed by atoms with Crippen LogP contribution in [0.1, 0.15) is 181 Å². The molecular formula is C33H65O8P. The molecule has 250 valence electrons. The van der Waals surface area contributed by atoms with Crippen molar-refractivity contribution in [3.05, 3.63) is 0 Å². The van der Waals surface area contributed by atoms with Crippen molar-refractivity contribution in [1.29, 1.82) is 0 Å². The maximum Gasteiger partial charge on any atom is 0.469 e. The first-order valence-corrected chi connectivity index (χ1v) is 18.9. The number of phosphoric ester groups is 1. The van der Waals surface area contributed by atoms with Gasteiger partial charge in [0.1, 0.15) is 6.61 Å². The van der Waals surface area contributed by atoms with Gasteiger partial charge in [-0.05, 0) is 12.8 Å². The van der Waals surface area contributed by atoms with Crippen molar-refractivity contribution < 1.29 is 37.9 Å². The van der Waals surface area contributed by atoms with Gasteiger partial charge in [0.2, 0.25) is 0 Å². The molecule has 0 spiro atoms. The highest BCUT2D eigenvalue weighted by molar-refractivity contribution is 7.46. The number of hydrogen-bond donors (Lipinski definition) is 2. The Bertz CT molecular complexity index is 666. The van der Waals surface area contributed by atoms with E-state index in [1.807, 2.05) is 0 Å². The van der Waals surface area contributed by atoms with Gasteiger partial charge in [0.15, 0.2) is 6.10 Å². The molecule has 0 saturated heterocycles. The van der Waals surface area contributed by atoms with Gasteiger partial charge in [-0.25, -0.2) is 4.57 Å². The Labute approximate surface area is 257 Å². The number of esters is 2. The zero-order valence-electron chi connectivity index (χ0n) is 27.2. The minimum absolute atomic E-state index is 0.219. The largest absolute Gasteiger partial charge is 0.469 e. The minimum atomic E-state index is -4.73. The molecule has 0 heterocycles. The summed E-state index contributed by atoms with van der Waals surface area (Å²) in [5.41, 5.74) is 0. The van der Waals surface area contributed by atoms with Gasteiger partial charge < -0.3 is 19.3 Å². The van der Waals surface area contributed by atoms with Gasteiger partial charge in [-0.2, -0.15) is 0 Å². The summed E-state index contributed by atoms with van der Waals surface area (Å²) < 4.78 is 26.2. The molecule has 0 fully saturated rings. The van der Waals surface area contributed by atoms with Crippen LogP contribution < -0.4 is 0 Å². The summed E-state index contributed by atoms with van der Waals surface area (Å²) in [7, 11) is -4.73. The summed E-state index contributed by atoms with van der Waals surface area (Å²) in [6.45, 7) is 3.67. The maximum atomic E-state index is 12.3. The molecule has 2 N–H and O–H groups in total. The fourth-order valence-corrected chi connectivity index (χ4v) is 5.38. The van der Waals surface area contributed by atoms with Crippen LogP contribution in [-0.4, -0.2) is 41.0 Å². The first kappa shape index (κ1) is 41.0. The second kappa shape index (κ2) is 30.1. The fourth-order valence-electron chi connectivity index (χ4n) is 5.02. The van der Waals surface area contributed by atoms with Gasteiger partial charge in [0.05, 0.1) is 6.61 Å². The van der Waals surface area contributed by atoms with Gasteiger partial charge in [-0.15, -0.1) is 0 Å². The molecule has 0 rings (SSSR count). The Morgan fingerprint density at radius 1 is 0.524 bits per heavy atom. The lowest BCUT2D eigenvalue weighted by Crippen LogP contribution is -2.29. The molecule has 0 bridgehead atoms. The monoisotopic (exact) mass is 620 g/mol. The van der Waals surface area contributed by atoms with Gasteiger partial charge in [-0.1, -0.05) is 155 Å². The first-order valence-electron chi connectivity index (χ1n) is 17.3.